The highest BCUT2D eigenvalue weighted by Crippen LogP contribution is 2.23. The Hall–Kier alpha value is -2.09. The molecular weight excluding hydrogens is 412 g/mol. The van der Waals surface area contributed by atoms with Crippen LogP contribution in [0, 0.1) is 5.92 Å². The first-order valence-electron chi connectivity index (χ1n) is 9.52. The molecule has 1 heterocycles. The maximum Gasteiger partial charge on any atom is 0.411 e. The van der Waals surface area contributed by atoms with Crippen molar-refractivity contribution in [2.45, 2.75) is 25.9 Å². The van der Waals surface area contributed by atoms with Crippen molar-refractivity contribution in [2.75, 3.05) is 24.7 Å². The number of rotatable bonds is 6. The molecule has 0 atom stereocenters. The number of benzene rings is 2. The molecule has 0 spiro atoms. The van der Waals surface area contributed by atoms with E-state index in [1.165, 1.54) is 11.8 Å². The topological polar surface area (TPSA) is 75.7 Å². The molecule has 1 N–H and O–H groups in total. The molecule has 1 aliphatic heterocycles. The SMILES string of the molecule is CS(=O)(=O)N1CCC(Cc2ccc(NC(=O)OCc3ccc(Cl)cc3)cc2)CC1. The summed E-state index contributed by atoms with van der Waals surface area (Å²) in [6.45, 7) is 1.35. The van der Waals surface area contributed by atoms with Crippen LogP contribution < -0.4 is 5.32 Å². The highest BCUT2D eigenvalue weighted by molar-refractivity contribution is 7.88. The van der Waals surface area contributed by atoms with Gasteiger partial charge in [0, 0.05) is 23.8 Å². The lowest BCUT2D eigenvalue weighted by molar-refractivity contribution is 0.155. The van der Waals surface area contributed by atoms with Gasteiger partial charge < -0.3 is 4.74 Å². The second kappa shape index (κ2) is 9.61. The smallest absolute Gasteiger partial charge is 0.411 e. The molecular formula is C21H25ClN2O4S. The van der Waals surface area contributed by atoms with E-state index in [1.807, 2.05) is 36.4 Å². The number of nitrogens with one attached hydrogen (secondary N) is 1. The van der Waals surface area contributed by atoms with E-state index in [2.05, 4.69) is 5.32 Å². The average Bonchev–Trinajstić information content (AvgIpc) is 2.69. The molecule has 6 nitrogen and oxygen atoms in total. The number of amides is 1. The van der Waals surface area contributed by atoms with Crippen LogP contribution in [-0.2, 0) is 27.8 Å². The minimum atomic E-state index is -3.09. The van der Waals surface area contributed by atoms with Crippen molar-refractivity contribution in [3.8, 4) is 0 Å². The summed E-state index contributed by atoms with van der Waals surface area (Å²) in [4.78, 5) is 12.0. The maximum absolute atomic E-state index is 12.0. The quantitative estimate of drug-likeness (QED) is 0.732. The Kier molecular flexibility index (Phi) is 7.16. The Morgan fingerprint density at radius 1 is 1.07 bits per heavy atom. The summed E-state index contributed by atoms with van der Waals surface area (Å²) in [6, 6.07) is 14.8. The number of anilines is 1. The van der Waals surface area contributed by atoms with Gasteiger partial charge in [-0.2, -0.15) is 0 Å². The number of ether oxygens (including phenoxy) is 1. The molecule has 1 fully saturated rings. The van der Waals surface area contributed by atoms with Crippen LogP contribution in [0.3, 0.4) is 0 Å². The normalized spacial score (nSPS) is 15.8. The largest absolute Gasteiger partial charge is 0.444 e. The molecule has 1 amide bonds. The van der Waals surface area contributed by atoms with E-state index in [0.717, 1.165) is 24.8 Å². The minimum absolute atomic E-state index is 0.174. The maximum atomic E-state index is 12.0. The van der Waals surface area contributed by atoms with Crippen molar-refractivity contribution in [1.82, 2.24) is 4.31 Å². The van der Waals surface area contributed by atoms with Gasteiger partial charge in [0.15, 0.2) is 0 Å². The first-order chi connectivity index (χ1) is 13.8. The molecule has 0 unspecified atom stereocenters. The van der Waals surface area contributed by atoms with Crippen molar-refractivity contribution in [3.05, 3.63) is 64.7 Å². The Balaban J connectivity index is 1.44. The van der Waals surface area contributed by atoms with E-state index in [9.17, 15) is 13.2 Å². The number of sulfonamides is 1. The molecule has 0 radical (unpaired) electrons. The first kappa shape index (κ1) is 21.6. The third kappa shape index (κ3) is 6.73. The van der Waals surface area contributed by atoms with E-state index < -0.39 is 16.1 Å². The van der Waals surface area contributed by atoms with Gasteiger partial charge in [0.1, 0.15) is 6.61 Å². The zero-order chi connectivity index (χ0) is 20.9. The molecule has 29 heavy (non-hydrogen) atoms. The van der Waals surface area contributed by atoms with Crippen molar-refractivity contribution < 1.29 is 17.9 Å². The summed E-state index contributed by atoms with van der Waals surface area (Å²) >= 11 is 5.83. The Labute approximate surface area is 176 Å². The lowest BCUT2D eigenvalue weighted by atomic mass is 9.91. The molecule has 0 bridgehead atoms. The number of nitrogens with zero attached hydrogens (tertiary/aromatic N) is 1. The molecule has 1 aliphatic rings. The lowest BCUT2D eigenvalue weighted by Gasteiger charge is -2.30. The van der Waals surface area contributed by atoms with Crippen molar-refractivity contribution in [2.24, 2.45) is 5.92 Å². The summed E-state index contributed by atoms with van der Waals surface area (Å²) in [5, 5.41) is 3.35. The highest BCUT2D eigenvalue weighted by Gasteiger charge is 2.24. The summed E-state index contributed by atoms with van der Waals surface area (Å²) in [7, 11) is -3.09. The van der Waals surface area contributed by atoms with Crippen LogP contribution in [0.1, 0.15) is 24.0 Å². The third-order valence-corrected chi connectivity index (χ3v) is 6.61. The molecule has 0 aliphatic carbocycles. The van der Waals surface area contributed by atoms with Gasteiger partial charge in [0.25, 0.3) is 0 Å². The summed E-state index contributed by atoms with van der Waals surface area (Å²) in [6.07, 6.45) is 3.38. The van der Waals surface area contributed by atoms with Gasteiger partial charge in [-0.1, -0.05) is 35.9 Å². The van der Waals surface area contributed by atoms with Crippen molar-refractivity contribution in [3.63, 3.8) is 0 Å². The van der Waals surface area contributed by atoms with E-state index >= 15 is 0 Å². The van der Waals surface area contributed by atoms with E-state index in [4.69, 9.17) is 16.3 Å². The fraction of sp³-hybridized carbons (Fsp3) is 0.381. The second-order valence-electron chi connectivity index (χ2n) is 7.33. The van der Waals surface area contributed by atoms with E-state index in [1.54, 1.807) is 16.4 Å². The number of halogens is 1. The zero-order valence-corrected chi connectivity index (χ0v) is 17.9. The predicted octanol–water partition coefficient (Wildman–Crippen LogP) is 4.30. The molecule has 8 heteroatoms. The van der Waals surface area contributed by atoms with Gasteiger partial charge in [-0.25, -0.2) is 17.5 Å². The molecule has 2 aromatic carbocycles. The highest BCUT2D eigenvalue weighted by atomic mass is 35.5. The molecule has 0 aromatic heterocycles. The fourth-order valence-corrected chi connectivity index (χ4v) is 4.39. The first-order valence-corrected chi connectivity index (χ1v) is 11.7. The molecule has 156 valence electrons. The van der Waals surface area contributed by atoms with Gasteiger partial charge in [0.2, 0.25) is 10.0 Å². The van der Waals surface area contributed by atoms with Gasteiger partial charge in [0.05, 0.1) is 6.26 Å². The van der Waals surface area contributed by atoms with Gasteiger partial charge in [-0.3, -0.25) is 5.32 Å². The summed E-state index contributed by atoms with van der Waals surface area (Å²) in [5.41, 5.74) is 2.70. The van der Waals surface area contributed by atoms with E-state index in [0.29, 0.717) is 29.7 Å². The van der Waals surface area contributed by atoms with Crippen molar-refractivity contribution in [1.29, 1.82) is 0 Å². The summed E-state index contributed by atoms with van der Waals surface area (Å²) < 4.78 is 29.9. The van der Waals surface area contributed by atoms with Crippen molar-refractivity contribution >= 4 is 33.4 Å². The number of hydrogen-bond acceptors (Lipinski definition) is 4. The van der Waals surface area contributed by atoms with Crippen LogP contribution in [-0.4, -0.2) is 38.2 Å². The lowest BCUT2D eigenvalue weighted by Crippen LogP contribution is -2.38. The van der Waals surface area contributed by atoms with Crippen LogP contribution in [0.5, 0.6) is 0 Å². The third-order valence-electron chi connectivity index (χ3n) is 5.05. The second-order valence-corrected chi connectivity index (χ2v) is 9.75. The molecule has 0 saturated carbocycles. The fourth-order valence-electron chi connectivity index (χ4n) is 3.39. The number of carbonyl (C=O) groups is 1. The standard InChI is InChI=1S/C21H25ClN2O4S/c1-29(26,27)24-12-10-17(11-13-24)14-16-4-8-20(9-5-16)23-21(25)28-15-18-2-6-19(22)7-3-18/h2-9,17H,10-15H2,1H3,(H,23,25). The Bertz CT molecular complexity index is 922. The number of piperidine rings is 1. The average molecular weight is 437 g/mol. The number of hydrogen-bond donors (Lipinski definition) is 1. The predicted molar refractivity (Wildman–Crippen MR) is 115 cm³/mol. The van der Waals surface area contributed by atoms with Gasteiger partial charge in [-0.05, 0) is 60.6 Å². The monoisotopic (exact) mass is 436 g/mol. The van der Waals surface area contributed by atoms with Crippen LogP contribution in [0.2, 0.25) is 5.02 Å². The Morgan fingerprint density at radius 2 is 1.66 bits per heavy atom. The molecule has 3 rings (SSSR count). The Morgan fingerprint density at radius 3 is 2.24 bits per heavy atom. The van der Waals surface area contributed by atoms with Gasteiger partial charge >= 0.3 is 6.09 Å². The van der Waals surface area contributed by atoms with Gasteiger partial charge in [-0.15, -0.1) is 0 Å². The minimum Gasteiger partial charge on any atom is -0.444 e. The van der Waals surface area contributed by atoms with Crippen LogP contribution in [0.15, 0.2) is 48.5 Å². The zero-order valence-electron chi connectivity index (χ0n) is 16.3. The molecule has 1 saturated heterocycles. The summed E-state index contributed by atoms with van der Waals surface area (Å²) in [5.74, 6) is 0.469. The van der Waals surface area contributed by atoms with E-state index in [-0.39, 0.29) is 6.61 Å². The van der Waals surface area contributed by atoms with Crippen LogP contribution in [0.4, 0.5) is 10.5 Å². The number of carbonyl (C=O) groups excluding carboxylic acids is 1. The van der Waals surface area contributed by atoms with Crippen LogP contribution >= 0.6 is 11.6 Å². The van der Waals surface area contributed by atoms with Crippen LogP contribution in [0.25, 0.3) is 0 Å². The molecule has 2 aromatic rings.